The van der Waals surface area contributed by atoms with E-state index < -0.39 is 0 Å². The fourth-order valence-electron chi connectivity index (χ4n) is 1.75. The molecule has 0 aliphatic rings. The molecule has 0 amide bonds. The van der Waals surface area contributed by atoms with Crippen molar-refractivity contribution in [1.29, 1.82) is 0 Å². The molecule has 1 aromatic carbocycles. The van der Waals surface area contributed by atoms with Crippen molar-refractivity contribution in [2.75, 3.05) is 0 Å². The van der Waals surface area contributed by atoms with Crippen molar-refractivity contribution < 1.29 is 4.79 Å². The van der Waals surface area contributed by atoms with Gasteiger partial charge in [-0.25, -0.2) is 4.98 Å². The monoisotopic (exact) mass is 245 g/mol. The van der Waals surface area contributed by atoms with E-state index in [0.29, 0.717) is 0 Å². The largest absolute Gasteiger partial charge is 0.294 e. The Kier molecular flexibility index (Phi) is 3.11. The Balaban J connectivity index is 2.52. The highest BCUT2D eigenvalue weighted by Gasteiger charge is 2.10. The lowest BCUT2D eigenvalue weighted by molar-refractivity contribution is 0.102. The Morgan fingerprint density at radius 3 is 2.35 bits per heavy atom. The topological polar surface area (TPSA) is 30.0 Å². The maximum absolute atomic E-state index is 11.3. The molecule has 0 saturated heterocycles. The number of aromatic nitrogens is 1. The number of nitrogens with zero attached hydrogens (tertiary/aromatic N) is 1. The molecule has 2 rings (SSSR count). The Morgan fingerprint density at radius 2 is 1.76 bits per heavy atom. The molecule has 0 aliphatic carbocycles. The SMILES string of the molecule is CC(=O)c1cnc(-c2cc(C)c(C)cc2C)s1. The standard InChI is InChI=1S/C14H15NOS/c1-8-5-10(3)12(6-9(8)2)14-15-7-13(17-14)11(4)16/h5-7H,1-4H3. The summed E-state index contributed by atoms with van der Waals surface area (Å²) in [5.74, 6) is 0.0789. The molecule has 0 spiro atoms. The zero-order chi connectivity index (χ0) is 12.6. The first kappa shape index (κ1) is 12.0. The van der Waals surface area contributed by atoms with Gasteiger partial charge in [0.2, 0.25) is 0 Å². The molecule has 0 atom stereocenters. The summed E-state index contributed by atoms with van der Waals surface area (Å²) in [7, 11) is 0. The summed E-state index contributed by atoms with van der Waals surface area (Å²) in [4.78, 5) is 16.3. The van der Waals surface area contributed by atoms with E-state index in [1.807, 2.05) is 0 Å². The van der Waals surface area contributed by atoms with Gasteiger partial charge in [-0.2, -0.15) is 0 Å². The smallest absolute Gasteiger partial charge is 0.171 e. The van der Waals surface area contributed by atoms with E-state index in [2.05, 4.69) is 37.9 Å². The third kappa shape index (κ3) is 2.29. The minimum absolute atomic E-state index is 0.0789. The molecular formula is C14H15NOS. The van der Waals surface area contributed by atoms with Crippen LogP contribution in [0, 0.1) is 20.8 Å². The van der Waals surface area contributed by atoms with Gasteiger partial charge in [-0.3, -0.25) is 4.79 Å². The van der Waals surface area contributed by atoms with Crippen molar-refractivity contribution in [2.45, 2.75) is 27.7 Å². The highest BCUT2D eigenvalue weighted by molar-refractivity contribution is 7.16. The van der Waals surface area contributed by atoms with Gasteiger partial charge in [-0.05, 0) is 43.5 Å². The first-order chi connectivity index (χ1) is 7.99. The Bertz CT molecular complexity index is 584. The van der Waals surface area contributed by atoms with Crippen LogP contribution >= 0.6 is 11.3 Å². The molecule has 0 radical (unpaired) electrons. The Hall–Kier alpha value is -1.48. The van der Waals surface area contributed by atoms with Crippen molar-refractivity contribution in [1.82, 2.24) is 4.98 Å². The minimum Gasteiger partial charge on any atom is -0.294 e. The van der Waals surface area contributed by atoms with E-state index in [1.54, 1.807) is 13.1 Å². The third-order valence-electron chi connectivity index (χ3n) is 2.92. The van der Waals surface area contributed by atoms with Crippen molar-refractivity contribution in [3.8, 4) is 10.6 Å². The Labute approximate surface area is 105 Å². The molecule has 0 aliphatic heterocycles. The highest BCUT2D eigenvalue weighted by atomic mass is 32.1. The van der Waals surface area contributed by atoms with Gasteiger partial charge in [0.15, 0.2) is 5.78 Å². The second-order valence-corrected chi connectivity index (χ2v) is 5.37. The molecule has 0 N–H and O–H groups in total. The third-order valence-corrected chi connectivity index (χ3v) is 4.06. The van der Waals surface area contributed by atoms with Crippen LogP contribution in [0.15, 0.2) is 18.3 Å². The molecule has 0 unspecified atom stereocenters. The van der Waals surface area contributed by atoms with E-state index in [4.69, 9.17) is 0 Å². The number of benzene rings is 1. The lowest BCUT2D eigenvalue weighted by Crippen LogP contribution is -1.87. The lowest BCUT2D eigenvalue weighted by atomic mass is 10.0. The van der Waals surface area contributed by atoms with E-state index in [1.165, 1.54) is 28.0 Å². The van der Waals surface area contributed by atoms with Crippen LogP contribution < -0.4 is 0 Å². The van der Waals surface area contributed by atoms with Crippen LogP contribution in [0.3, 0.4) is 0 Å². The summed E-state index contributed by atoms with van der Waals surface area (Å²) in [5, 5.41) is 0.927. The summed E-state index contributed by atoms with van der Waals surface area (Å²) >= 11 is 1.46. The number of carbonyl (C=O) groups is 1. The number of aryl methyl sites for hydroxylation is 3. The van der Waals surface area contributed by atoms with Gasteiger partial charge in [0.05, 0.1) is 4.88 Å². The number of hydrogen-bond acceptors (Lipinski definition) is 3. The predicted molar refractivity (Wildman–Crippen MR) is 71.8 cm³/mol. The van der Waals surface area contributed by atoms with Crippen LogP contribution in [0.5, 0.6) is 0 Å². The molecular weight excluding hydrogens is 230 g/mol. The number of thiazole rings is 1. The fraction of sp³-hybridized carbons (Fsp3) is 0.286. The normalized spacial score (nSPS) is 10.6. The van der Waals surface area contributed by atoms with E-state index >= 15 is 0 Å². The molecule has 0 bridgehead atoms. The zero-order valence-corrected chi connectivity index (χ0v) is 11.3. The molecule has 1 aromatic heterocycles. The van der Waals surface area contributed by atoms with Crippen molar-refractivity contribution in [2.24, 2.45) is 0 Å². The highest BCUT2D eigenvalue weighted by Crippen LogP contribution is 2.30. The molecule has 0 fully saturated rings. The molecule has 88 valence electrons. The second-order valence-electron chi connectivity index (χ2n) is 4.34. The summed E-state index contributed by atoms with van der Waals surface area (Å²) in [6.45, 7) is 7.86. The molecule has 1 heterocycles. The van der Waals surface area contributed by atoms with E-state index in [0.717, 1.165) is 15.4 Å². The van der Waals surface area contributed by atoms with Crippen LogP contribution in [0.1, 0.15) is 33.3 Å². The van der Waals surface area contributed by atoms with Crippen LogP contribution in [-0.4, -0.2) is 10.8 Å². The maximum atomic E-state index is 11.3. The molecule has 3 heteroatoms. The van der Waals surface area contributed by atoms with Gasteiger partial charge in [-0.1, -0.05) is 6.07 Å². The van der Waals surface area contributed by atoms with Crippen LogP contribution in [0.2, 0.25) is 0 Å². The van der Waals surface area contributed by atoms with Gasteiger partial charge in [0.25, 0.3) is 0 Å². The second kappa shape index (κ2) is 4.41. The quantitative estimate of drug-likeness (QED) is 0.750. The van der Waals surface area contributed by atoms with Crippen LogP contribution in [-0.2, 0) is 0 Å². The molecule has 2 nitrogen and oxygen atoms in total. The van der Waals surface area contributed by atoms with E-state index in [9.17, 15) is 4.79 Å². The lowest BCUT2D eigenvalue weighted by Gasteiger charge is -2.07. The van der Waals surface area contributed by atoms with Gasteiger partial charge in [0.1, 0.15) is 5.01 Å². The van der Waals surface area contributed by atoms with Crippen LogP contribution in [0.25, 0.3) is 10.6 Å². The molecule has 0 saturated carbocycles. The summed E-state index contributed by atoms with van der Waals surface area (Å²) in [6, 6.07) is 4.31. The first-order valence-corrected chi connectivity index (χ1v) is 6.35. The molecule has 17 heavy (non-hydrogen) atoms. The van der Waals surface area contributed by atoms with Crippen molar-refractivity contribution in [3.05, 3.63) is 39.9 Å². The first-order valence-electron chi connectivity index (χ1n) is 5.54. The van der Waals surface area contributed by atoms with Gasteiger partial charge < -0.3 is 0 Å². The van der Waals surface area contributed by atoms with Gasteiger partial charge in [0, 0.05) is 18.7 Å². The summed E-state index contributed by atoms with van der Waals surface area (Å²) in [6.07, 6.45) is 1.66. The zero-order valence-electron chi connectivity index (χ0n) is 10.5. The number of rotatable bonds is 2. The van der Waals surface area contributed by atoms with Crippen molar-refractivity contribution >= 4 is 17.1 Å². The summed E-state index contributed by atoms with van der Waals surface area (Å²) < 4.78 is 0. The number of hydrogen-bond donors (Lipinski definition) is 0. The minimum atomic E-state index is 0.0789. The van der Waals surface area contributed by atoms with Crippen LogP contribution in [0.4, 0.5) is 0 Å². The average molecular weight is 245 g/mol. The van der Waals surface area contributed by atoms with Gasteiger partial charge in [-0.15, -0.1) is 11.3 Å². The number of carbonyl (C=O) groups excluding carboxylic acids is 1. The predicted octanol–water partition coefficient (Wildman–Crippen LogP) is 3.94. The van der Waals surface area contributed by atoms with E-state index in [-0.39, 0.29) is 5.78 Å². The maximum Gasteiger partial charge on any atom is 0.171 e. The van der Waals surface area contributed by atoms with Gasteiger partial charge >= 0.3 is 0 Å². The summed E-state index contributed by atoms with van der Waals surface area (Å²) in [5.41, 5.74) is 4.88. The molecule has 2 aromatic rings. The number of ketones is 1. The number of Topliss-reactive ketones (excluding diaryl/α,β-unsaturated/α-hetero) is 1. The fourth-order valence-corrected chi connectivity index (χ4v) is 2.65. The average Bonchev–Trinajstić information content (AvgIpc) is 2.72. The van der Waals surface area contributed by atoms with Crippen molar-refractivity contribution in [3.63, 3.8) is 0 Å². The Morgan fingerprint density at radius 1 is 1.12 bits per heavy atom.